The fourth-order valence-electron chi connectivity index (χ4n) is 3.33. The highest BCUT2D eigenvalue weighted by molar-refractivity contribution is 7.93. The normalized spacial score (nSPS) is 15.0. The monoisotopic (exact) mass is 440 g/mol. The maximum atomic E-state index is 13.2. The van der Waals surface area contributed by atoms with E-state index in [0.29, 0.717) is 16.5 Å². The number of benzene rings is 3. The molecule has 0 aliphatic carbocycles. The van der Waals surface area contributed by atoms with Crippen LogP contribution in [0.15, 0.2) is 59.5 Å². The molecule has 29 heavy (non-hydrogen) atoms. The van der Waals surface area contributed by atoms with E-state index in [-0.39, 0.29) is 9.92 Å². The first kappa shape index (κ1) is 19.5. The van der Waals surface area contributed by atoms with Crippen molar-refractivity contribution >= 4 is 49.7 Å². The average molecular weight is 441 g/mol. The second-order valence-electron chi connectivity index (χ2n) is 6.35. The molecular weight excluding hydrogens is 429 g/mol. The molecule has 0 saturated carbocycles. The van der Waals surface area contributed by atoms with Crippen molar-refractivity contribution < 1.29 is 26.4 Å². The van der Waals surface area contributed by atoms with Gasteiger partial charge in [-0.15, -0.1) is 0 Å². The van der Waals surface area contributed by atoms with Crippen molar-refractivity contribution in [3.8, 4) is 0 Å². The number of amides is 1. The van der Waals surface area contributed by atoms with Crippen LogP contribution in [0.4, 0.5) is 24.5 Å². The summed E-state index contributed by atoms with van der Waals surface area (Å²) in [5.74, 6) is -0.947. The number of sulfonamides is 1. The highest BCUT2D eigenvalue weighted by Crippen LogP contribution is 2.42. The lowest BCUT2D eigenvalue weighted by Crippen LogP contribution is -2.36. The summed E-state index contributed by atoms with van der Waals surface area (Å²) in [6, 6.07) is 12.8. The lowest BCUT2D eigenvalue weighted by atomic mass is 10.1. The molecule has 3 aromatic rings. The van der Waals surface area contributed by atoms with Crippen LogP contribution in [0.25, 0.3) is 10.8 Å². The first-order chi connectivity index (χ1) is 13.6. The van der Waals surface area contributed by atoms with Crippen LogP contribution >= 0.6 is 11.6 Å². The third kappa shape index (κ3) is 3.20. The third-order valence-electron chi connectivity index (χ3n) is 4.55. The number of para-hydroxylation sites is 1. The van der Waals surface area contributed by atoms with Gasteiger partial charge in [-0.1, -0.05) is 41.9 Å². The lowest BCUT2D eigenvalue weighted by molar-refractivity contribution is -0.137. The van der Waals surface area contributed by atoms with Gasteiger partial charge in [-0.2, -0.15) is 13.2 Å². The molecule has 0 bridgehead atoms. The summed E-state index contributed by atoms with van der Waals surface area (Å²) in [4.78, 5) is 12.6. The standard InChI is InChI=1S/C19H12ClF3N2O3S/c20-13-7-3-6-12(19(21,22)23)18(13)24-16(26)10-25-14-8-1-4-11-5-2-9-15(17(11)14)29(25,27)28/h1-9H,10H2,(H,24,26). The Bertz CT molecular complexity index is 1250. The Morgan fingerprint density at radius 2 is 1.69 bits per heavy atom. The van der Waals surface area contributed by atoms with E-state index in [9.17, 15) is 26.4 Å². The van der Waals surface area contributed by atoms with Crippen molar-refractivity contribution in [3.05, 3.63) is 65.2 Å². The van der Waals surface area contributed by atoms with E-state index in [1.807, 2.05) is 0 Å². The number of nitrogens with one attached hydrogen (secondary N) is 1. The molecule has 1 aliphatic rings. The predicted octanol–water partition coefficient (Wildman–Crippen LogP) is 4.66. The number of carbonyl (C=O) groups excluding carboxylic acids is 1. The average Bonchev–Trinajstić information content (AvgIpc) is 2.86. The Hall–Kier alpha value is -2.78. The van der Waals surface area contributed by atoms with Crippen molar-refractivity contribution in [1.82, 2.24) is 0 Å². The van der Waals surface area contributed by atoms with E-state index in [1.54, 1.807) is 30.3 Å². The Morgan fingerprint density at radius 3 is 2.38 bits per heavy atom. The van der Waals surface area contributed by atoms with Crippen molar-refractivity contribution in [3.63, 3.8) is 0 Å². The number of halogens is 4. The van der Waals surface area contributed by atoms with E-state index >= 15 is 0 Å². The minimum Gasteiger partial charge on any atom is -0.323 e. The van der Waals surface area contributed by atoms with Gasteiger partial charge in [0, 0.05) is 5.39 Å². The minimum atomic E-state index is -4.74. The molecule has 0 aromatic heterocycles. The Morgan fingerprint density at radius 1 is 1.03 bits per heavy atom. The topological polar surface area (TPSA) is 66.5 Å². The summed E-state index contributed by atoms with van der Waals surface area (Å²) in [5, 5.41) is 2.96. The summed E-state index contributed by atoms with van der Waals surface area (Å²) in [6.07, 6.45) is -4.74. The van der Waals surface area contributed by atoms with E-state index in [0.717, 1.165) is 16.4 Å². The molecule has 0 radical (unpaired) electrons. The van der Waals surface area contributed by atoms with Crippen LogP contribution in [-0.2, 0) is 21.0 Å². The predicted molar refractivity (Wildman–Crippen MR) is 104 cm³/mol. The molecule has 4 rings (SSSR count). The molecule has 1 amide bonds. The maximum absolute atomic E-state index is 13.2. The van der Waals surface area contributed by atoms with Crippen LogP contribution in [0.3, 0.4) is 0 Å². The third-order valence-corrected chi connectivity index (χ3v) is 6.67. The largest absolute Gasteiger partial charge is 0.418 e. The Labute approximate surface area is 168 Å². The molecule has 0 atom stereocenters. The second-order valence-corrected chi connectivity index (χ2v) is 8.59. The molecule has 1 aliphatic heterocycles. The van der Waals surface area contributed by atoms with Gasteiger partial charge in [0.1, 0.15) is 6.54 Å². The maximum Gasteiger partial charge on any atom is 0.418 e. The Balaban J connectivity index is 1.69. The highest BCUT2D eigenvalue weighted by atomic mass is 35.5. The molecule has 5 nitrogen and oxygen atoms in total. The highest BCUT2D eigenvalue weighted by Gasteiger charge is 2.38. The Kier molecular flexibility index (Phi) is 4.47. The van der Waals surface area contributed by atoms with Crippen LogP contribution in [-0.4, -0.2) is 20.9 Å². The van der Waals surface area contributed by atoms with Crippen LogP contribution in [0.5, 0.6) is 0 Å². The molecule has 0 fully saturated rings. The van der Waals surface area contributed by atoms with Gasteiger partial charge in [-0.3, -0.25) is 9.10 Å². The van der Waals surface area contributed by atoms with Crippen molar-refractivity contribution in [2.75, 3.05) is 16.2 Å². The van der Waals surface area contributed by atoms with Crippen molar-refractivity contribution in [2.45, 2.75) is 11.1 Å². The molecular formula is C19H12ClF3N2O3S. The lowest BCUT2D eigenvalue weighted by Gasteiger charge is -2.20. The molecule has 0 unspecified atom stereocenters. The second kappa shape index (κ2) is 6.64. The smallest absolute Gasteiger partial charge is 0.323 e. The number of rotatable bonds is 3. The number of hydrogen-bond acceptors (Lipinski definition) is 3. The van der Waals surface area contributed by atoms with E-state index < -0.39 is 39.9 Å². The van der Waals surface area contributed by atoms with Crippen molar-refractivity contribution in [2.24, 2.45) is 0 Å². The SMILES string of the molecule is O=C(CN1c2cccc3cccc(c23)S1(=O)=O)Nc1c(Cl)cccc1C(F)(F)F. The van der Waals surface area contributed by atoms with E-state index in [4.69, 9.17) is 11.6 Å². The summed E-state index contributed by atoms with van der Waals surface area (Å²) < 4.78 is 66.3. The number of anilines is 2. The summed E-state index contributed by atoms with van der Waals surface area (Å²) >= 11 is 5.84. The van der Waals surface area contributed by atoms with Crippen LogP contribution < -0.4 is 9.62 Å². The van der Waals surface area contributed by atoms with Gasteiger partial charge in [-0.25, -0.2) is 8.42 Å². The molecule has 0 saturated heterocycles. The summed E-state index contributed by atoms with van der Waals surface area (Å²) in [6.45, 7) is -0.696. The number of alkyl halides is 3. The number of nitrogens with zero attached hydrogens (tertiary/aromatic N) is 1. The van der Waals surface area contributed by atoms with Gasteiger partial charge in [0.05, 0.1) is 26.9 Å². The van der Waals surface area contributed by atoms with Crippen LogP contribution in [0.2, 0.25) is 5.02 Å². The van der Waals surface area contributed by atoms with Crippen LogP contribution in [0, 0.1) is 0 Å². The zero-order chi connectivity index (χ0) is 21.0. The molecule has 1 heterocycles. The molecule has 1 N–H and O–H groups in total. The molecule has 10 heteroatoms. The van der Waals surface area contributed by atoms with E-state index in [1.165, 1.54) is 12.1 Å². The summed E-state index contributed by atoms with van der Waals surface area (Å²) in [5.41, 5.74) is -1.43. The summed E-state index contributed by atoms with van der Waals surface area (Å²) in [7, 11) is -4.02. The first-order valence-electron chi connectivity index (χ1n) is 8.31. The molecule has 3 aromatic carbocycles. The van der Waals surface area contributed by atoms with E-state index in [2.05, 4.69) is 5.32 Å². The number of hydrogen-bond donors (Lipinski definition) is 1. The zero-order valence-electron chi connectivity index (χ0n) is 14.5. The first-order valence-corrected chi connectivity index (χ1v) is 10.1. The minimum absolute atomic E-state index is 0.0483. The van der Waals surface area contributed by atoms with Crippen LogP contribution in [0.1, 0.15) is 5.56 Å². The molecule has 0 spiro atoms. The van der Waals surface area contributed by atoms with Gasteiger partial charge in [0.2, 0.25) is 5.91 Å². The fraction of sp³-hybridized carbons (Fsp3) is 0.105. The van der Waals surface area contributed by atoms with Crippen molar-refractivity contribution in [1.29, 1.82) is 0 Å². The van der Waals surface area contributed by atoms with Gasteiger partial charge in [-0.05, 0) is 29.7 Å². The zero-order valence-corrected chi connectivity index (χ0v) is 16.1. The number of carbonyl (C=O) groups is 1. The van der Waals surface area contributed by atoms with Gasteiger partial charge < -0.3 is 5.32 Å². The van der Waals surface area contributed by atoms with Gasteiger partial charge in [0.15, 0.2) is 0 Å². The molecule has 150 valence electrons. The quantitative estimate of drug-likeness (QED) is 0.644. The van der Waals surface area contributed by atoms with Gasteiger partial charge in [0.25, 0.3) is 10.0 Å². The fourth-order valence-corrected chi connectivity index (χ4v) is 5.21. The van der Waals surface area contributed by atoms with Gasteiger partial charge >= 0.3 is 6.18 Å².